The number of aliphatic hydroxyl groups excluding tert-OH is 1. The zero-order chi connectivity index (χ0) is 11.3. The Morgan fingerprint density at radius 2 is 1.87 bits per heavy atom. The fourth-order valence-corrected chi connectivity index (χ4v) is 1.18. The molecule has 0 saturated heterocycles. The third kappa shape index (κ3) is 4.02. The van der Waals surface area contributed by atoms with E-state index in [2.05, 4.69) is 6.92 Å². The van der Waals surface area contributed by atoms with Crippen LogP contribution < -0.4 is 0 Å². The largest absolute Gasteiger partial charge is 0.386 e. The molecule has 0 radical (unpaired) electrons. The molecule has 0 heterocycles. The highest BCUT2D eigenvalue weighted by Crippen LogP contribution is 2.18. The van der Waals surface area contributed by atoms with Crippen molar-refractivity contribution in [1.29, 1.82) is 0 Å². The van der Waals surface area contributed by atoms with Crippen molar-refractivity contribution < 1.29 is 9.84 Å². The Balaban J connectivity index is 2.47. The minimum absolute atomic E-state index is 0.157. The Kier molecular flexibility index (Phi) is 4.30. The van der Waals surface area contributed by atoms with Gasteiger partial charge in [0.2, 0.25) is 0 Å². The quantitative estimate of drug-likeness (QED) is 0.806. The van der Waals surface area contributed by atoms with Gasteiger partial charge < -0.3 is 9.84 Å². The lowest BCUT2D eigenvalue weighted by Gasteiger charge is -2.25. The Hall–Kier alpha value is -0.860. The van der Waals surface area contributed by atoms with E-state index >= 15 is 0 Å². The van der Waals surface area contributed by atoms with Crippen LogP contribution in [0.5, 0.6) is 0 Å². The normalized spacial score (nSPS) is 13.9. The Morgan fingerprint density at radius 3 is 2.40 bits per heavy atom. The third-order valence-electron chi connectivity index (χ3n) is 2.67. The Bertz CT molecular complexity index is 280. The second-order valence-electron chi connectivity index (χ2n) is 4.35. The molecule has 0 aromatic heterocycles. The van der Waals surface area contributed by atoms with Crippen molar-refractivity contribution >= 4 is 0 Å². The van der Waals surface area contributed by atoms with Crippen LogP contribution in [-0.2, 0) is 4.74 Å². The van der Waals surface area contributed by atoms with Crippen LogP contribution >= 0.6 is 0 Å². The predicted molar refractivity (Wildman–Crippen MR) is 61.7 cm³/mol. The van der Waals surface area contributed by atoms with Crippen LogP contribution in [0.1, 0.15) is 38.9 Å². The first-order valence-electron chi connectivity index (χ1n) is 5.42. The van der Waals surface area contributed by atoms with E-state index in [4.69, 9.17) is 4.74 Å². The summed E-state index contributed by atoms with van der Waals surface area (Å²) >= 11 is 0. The molecular weight excluding hydrogens is 188 g/mol. The second-order valence-corrected chi connectivity index (χ2v) is 4.35. The maximum absolute atomic E-state index is 9.85. The first kappa shape index (κ1) is 12.2. The first-order valence-corrected chi connectivity index (χ1v) is 5.42. The van der Waals surface area contributed by atoms with Crippen LogP contribution in [0.4, 0.5) is 0 Å². The maximum atomic E-state index is 9.85. The first-order chi connectivity index (χ1) is 7.05. The molecule has 0 aliphatic carbocycles. The highest BCUT2D eigenvalue weighted by Gasteiger charge is 2.17. The number of rotatable bonds is 5. The summed E-state index contributed by atoms with van der Waals surface area (Å²) in [6, 6.07) is 9.60. The van der Waals surface area contributed by atoms with Crippen molar-refractivity contribution in [3.63, 3.8) is 0 Å². The molecule has 1 N–H and O–H groups in total. The van der Waals surface area contributed by atoms with E-state index in [1.807, 2.05) is 44.2 Å². The minimum Gasteiger partial charge on any atom is -0.386 e. The fraction of sp³-hybridized carbons (Fsp3) is 0.538. The molecule has 2 nitrogen and oxygen atoms in total. The highest BCUT2D eigenvalue weighted by molar-refractivity contribution is 5.17. The van der Waals surface area contributed by atoms with Crippen LogP contribution in [0.3, 0.4) is 0 Å². The summed E-state index contributed by atoms with van der Waals surface area (Å²) in [5, 5.41) is 9.85. The predicted octanol–water partition coefficient (Wildman–Crippen LogP) is 2.93. The monoisotopic (exact) mass is 208 g/mol. The number of benzene rings is 1. The Morgan fingerprint density at radius 1 is 1.27 bits per heavy atom. The molecule has 1 unspecified atom stereocenters. The van der Waals surface area contributed by atoms with E-state index in [1.165, 1.54) is 0 Å². The van der Waals surface area contributed by atoms with Crippen LogP contribution in [0.15, 0.2) is 30.3 Å². The van der Waals surface area contributed by atoms with Crippen molar-refractivity contribution in [1.82, 2.24) is 0 Å². The van der Waals surface area contributed by atoms with Crippen LogP contribution in [0, 0.1) is 0 Å². The fourth-order valence-electron chi connectivity index (χ4n) is 1.18. The minimum atomic E-state index is -0.531. The summed E-state index contributed by atoms with van der Waals surface area (Å²) in [7, 11) is 0. The highest BCUT2D eigenvalue weighted by atomic mass is 16.5. The van der Waals surface area contributed by atoms with E-state index in [0.717, 1.165) is 12.0 Å². The van der Waals surface area contributed by atoms with E-state index in [-0.39, 0.29) is 5.60 Å². The van der Waals surface area contributed by atoms with Crippen molar-refractivity contribution in [2.24, 2.45) is 0 Å². The molecule has 15 heavy (non-hydrogen) atoms. The van der Waals surface area contributed by atoms with Crippen LogP contribution in [0.25, 0.3) is 0 Å². The van der Waals surface area contributed by atoms with Gasteiger partial charge >= 0.3 is 0 Å². The maximum Gasteiger partial charge on any atom is 0.102 e. The molecule has 1 atom stereocenters. The van der Waals surface area contributed by atoms with Gasteiger partial charge in [-0.15, -0.1) is 0 Å². The average Bonchev–Trinajstić information content (AvgIpc) is 2.27. The van der Waals surface area contributed by atoms with Crippen molar-refractivity contribution in [3.05, 3.63) is 35.9 Å². The van der Waals surface area contributed by atoms with E-state index in [9.17, 15) is 5.11 Å². The lowest BCUT2D eigenvalue weighted by molar-refractivity contribution is -0.0618. The van der Waals surface area contributed by atoms with Gasteiger partial charge in [-0.25, -0.2) is 0 Å². The molecule has 0 bridgehead atoms. The number of hydrogen-bond donors (Lipinski definition) is 1. The summed E-state index contributed by atoms with van der Waals surface area (Å²) in [6.45, 7) is 6.50. The third-order valence-corrected chi connectivity index (χ3v) is 2.67. The summed E-state index contributed by atoms with van der Waals surface area (Å²) in [6.07, 6.45) is 0.408. The lowest BCUT2D eigenvalue weighted by Crippen LogP contribution is -2.25. The standard InChI is InChI=1S/C13H20O2/c1-4-13(2,3)15-10-12(14)11-8-6-5-7-9-11/h5-9,12,14H,4,10H2,1-3H3. The Labute approximate surface area is 91.9 Å². The van der Waals surface area contributed by atoms with E-state index in [1.54, 1.807) is 0 Å². The molecule has 0 spiro atoms. The molecule has 0 amide bonds. The summed E-state index contributed by atoms with van der Waals surface area (Å²) < 4.78 is 5.64. The van der Waals surface area contributed by atoms with Gasteiger partial charge in [-0.05, 0) is 25.8 Å². The SMILES string of the molecule is CCC(C)(C)OCC(O)c1ccccc1. The van der Waals surface area contributed by atoms with Gasteiger partial charge in [0.05, 0.1) is 12.2 Å². The molecule has 1 aromatic carbocycles. The van der Waals surface area contributed by atoms with Crippen molar-refractivity contribution in [2.75, 3.05) is 6.61 Å². The molecular formula is C13H20O2. The lowest BCUT2D eigenvalue weighted by atomic mass is 10.1. The van der Waals surface area contributed by atoms with Gasteiger partial charge in [0.15, 0.2) is 0 Å². The number of ether oxygens (including phenoxy) is 1. The van der Waals surface area contributed by atoms with Gasteiger partial charge in [0.1, 0.15) is 6.10 Å². The molecule has 0 saturated carbocycles. The molecule has 1 aromatic rings. The second kappa shape index (κ2) is 5.29. The van der Waals surface area contributed by atoms with Crippen molar-refractivity contribution in [2.45, 2.75) is 38.9 Å². The zero-order valence-electron chi connectivity index (χ0n) is 9.73. The number of aliphatic hydroxyl groups is 1. The molecule has 84 valence electrons. The average molecular weight is 208 g/mol. The summed E-state index contributed by atoms with van der Waals surface area (Å²) in [4.78, 5) is 0. The van der Waals surface area contributed by atoms with Gasteiger partial charge in [-0.3, -0.25) is 0 Å². The number of hydrogen-bond acceptors (Lipinski definition) is 2. The van der Waals surface area contributed by atoms with Crippen molar-refractivity contribution in [3.8, 4) is 0 Å². The van der Waals surface area contributed by atoms with Crippen LogP contribution in [0.2, 0.25) is 0 Å². The van der Waals surface area contributed by atoms with Gasteiger partial charge in [0.25, 0.3) is 0 Å². The van der Waals surface area contributed by atoms with E-state index in [0.29, 0.717) is 6.61 Å². The molecule has 1 rings (SSSR count). The van der Waals surface area contributed by atoms with Gasteiger partial charge in [-0.2, -0.15) is 0 Å². The van der Waals surface area contributed by atoms with Gasteiger partial charge in [0, 0.05) is 0 Å². The van der Waals surface area contributed by atoms with Gasteiger partial charge in [-0.1, -0.05) is 37.3 Å². The molecule has 2 heteroatoms. The molecule has 0 aliphatic heterocycles. The molecule has 0 fully saturated rings. The summed E-state index contributed by atoms with van der Waals surface area (Å²) in [5.74, 6) is 0. The van der Waals surface area contributed by atoms with Crippen LogP contribution in [-0.4, -0.2) is 17.3 Å². The zero-order valence-corrected chi connectivity index (χ0v) is 9.73. The molecule has 0 aliphatic rings. The van der Waals surface area contributed by atoms with E-state index < -0.39 is 6.10 Å². The topological polar surface area (TPSA) is 29.5 Å². The summed E-state index contributed by atoms with van der Waals surface area (Å²) in [5.41, 5.74) is 0.750. The smallest absolute Gasteiger partial charge is 0.102 e.